The van der Waals surface area contributed by atoms with Crippen LogP contribution in [-0.4, -0.2) is 52.0 Å². The van der Waals surface area contributed by atoms with Crippen molar-refractivity contribution in [3.05, 3.63) is 23.3 Å². The second-order valence-corrected chi connectivity index (χ2v) is 5.16. The summed E-state index contributed by atoms with van der Waals surface area (Å²) in [5.41, 5.74) is 2.49. The Morgan fingerprint density at radius 1 is 1.15 bits per heavy atom. The zero-order chi connectivity index (χ0) is 13.9. The van der Waals surface area contributed by atoms with Crippen LogP contribution in [0.4, 0.5) is 0 Å². The summed E-state index contributed by atoms with van der Waals surface area (Å²) in [4.78, 5) is 2.47. The lowest BCUT2D eigenvalue weighted by Crippen LogP contribution is -2.45. The number of benzene rings is 1. The third kappa shape index (κ3) is 2.37. The van der Waals surface area contributed by atoms with Crippen LogP contribution in [0.5, 0.6) is 11.5 Å². The van der Waals surface area contributed by atoms with Gasteiger partial charge in [0.25, 0.3) is 0 Å². The van der Waals surface area contributed by atoms with E-state index in [1.807, 2.05) is 12.1 Å². The lowest BCUT2D eigenvalue weighted by atomic mass is 9.93. The Morgan fingerprint density at radius 3 is 2.55 bits per heavy atom. The van der Waals surface area contributed by atoms with Gasteiger partial charge in [0.05, 0.1) is 33.5 Å². The molecular formula is C15H22N2O3. The van der Waals surface area contributed by atoms with Crippen LogP contribution >= 0.6 is 0 Å². The summed E-state index contributed by atoms with van der Waals surface area (Å²) in [7, 11) is 3.46. The third-order valence-corrected chi connectivity index (χ3v) is 4.17. The minimum absolute atomic E-state index is 0.327. The molecule has 0 bridgehead atoms. The highest BCUT2D eigenvalue weighted by molar-refractivity contribution is 5.51. The molecule has 0 saturated carbocycles. The second kappa shape index (κ2) is 5.99. The van der Waals surface area contributed by atoms with Crippen molar-refractivity contribution < 1.29 is 14.2 Å². The fraction of sp³-hybridized carbons (Fsp3) is 0.600. The lowest BCUT2D eigenvalue weighted by Gasteiger charge is -2.39. The van der Waals surface area contributed by atoms with Gasteiger partial charge in [-0.25, -0.2) is 0 Å². The Kier molecular flexibility index (Phi) is 4.10. The first-order valence-corrected chi connectivity index (χ1v) is 7.11. The van der Waals surface area contributed by atoms with Crippen molar-refractivity contribution in [1.82, 2.24) is 10.2 Å². The smallest absolute Gasteiger partial charge is 0.124 e. The molecule has 0 radical (unpaired) electrons. The van der Waals surface area contributed by atoms with Crippen molar-refractivity contribution in [2.75, 3.05) is 47.1 Å². The molecule has 1 atom stereocenters. The number of fused-ring (bicyclic) bond motifs is 1. The minimum atomic E-state index is 0.327. The molecule has 110 valence electrons. The molecule has 2 aliphatic rings. The van der Waals surface area contributed by atoms with E-state index in [0.717, 1.165) is 50.9 Å². The van der Waals surface area contributed by atoms with E-state index in [4.69, 9.17) is 14.2 Å². The summed E-state index contributed by atoms with van der Waals surface area (Å²) in [5.74, 6) is 1.89. The third-order valence-electron chi connectivity index (χ3n) is 4.17. The predicted molar refractivity (Wildman–Crippen MR) is 76.4 cm³/mol. The highest BCUT2D eigenvalue weighted by Gasteiger charge is 2.31. The topological polar surface area (TPSA) is 43.0 Å². The van der Waals surface area contributed by atoms with E-state index in [2.05, 4.69) is 10.2 Å². The van der Waals surface area contributed by atoms with Crippen LogP contribution in [0.25, 0.3) is 0 Å². The zero-order valence-electron chi connectivity index (χ0n) is 12.1. The van der Waals surface area contributed by atoms with Crippen LogP contribution in [0, 0.1) is 0 Å². The zero-order valence-corrected chi connectivity index (χ0v) is 12.1. The Morgan fingerprint density at radius 2 is 1.85 bits per heavy atom. The first kappa shape index (κ1) is 13.7. The number of nitrogens with one attached hydrogen (secondary N) is 1. The van der Waals surface area contributed by atoms with E-state index in [0.29, 0.717) is 6.04 Å². The largest absolute Gasteiger partial charge is 0.496 e. The Hall–Kier alpha value is -1.30. The van der Waals surface area contributed by atoms with Gasteiger partial charge in [-0.1, -0.05) is 0 Å². The fourth-order valence-corrected chi connectivity index (χ4v) is 3.18. The molecule has 0 unspecified atom stereocenters. The molecule has 0 aliphatic carbocycles. The van der Waals surface area contributed by atoms with E-state index in [1.165, 1.54) is 11.1 Å². The van der Waals surface area contributed by atoms with Crippen LogP contribution in [0.2, 0.25) is 0 Å². The number of morpholine rings is 1. The van der Waals surface area contributed by atoms with Gasteiger partial charge in [0, 0.05) is 37.3 Å². The molecule has 1 fully saturated rings. The molecule has 2 aliphatic heterocycles. The average molecular weight is 278 g/mol. The van der Waals surface area contributed by atoms with Crippen LogP contribution in [-0.2, 0) is 11.3 Å². The normalized spacial score (nSPS) is 23.2. The lowest BCUT2D eigenvalue weighted by molar-refractivity contribution is 0.0140. The van der Waals surface area contributed by atoms with E-state index in [9.17, 15) is 0 Å². The Balaban J connectivity index is 2.01. The van der Waals surface area contributed by atoms with Crippen molar-refractivity contribution in [1.29, 1.82) is 0 Å². The predicted octanol–water partition coefficient (Wildman–Crippen LogP) is 1.18. The van der Waals surface area contributed by atoms with Gasteiger partial charge < -0.3 is 19.5 Å². The molecular weight excluding hydrogens is 256 g/mol. The summed E-state index contributed by atoms with van der Waals surface area (Å²) < 4.78 is 16.6. The van der Waals surface area contributed by atoms with E-state index in [1.54, 1.807) is 14.2 Å². The standard InChI is InChI=1S/C15H22N2O3/c1-18-13-3-4-14(19-2)15-11(13)9-16-10-12(15)17-5-7-20-8-6-17/h3-4,12,16H,5-10H2,1-2H3/t12-/m0/s1. The molecule has 20 heavy (non-hydrogen) atoms. The molecule has 2 heterocycles. The molecule has 5 heteroatoms. The summed E-state index contributed by atoms with van der Waals surface area (Å²) in [6.45, 7) is 5.31. The highest BCUT2D eigenvalue weighted by Crippen LogP contribution is 2.39. The molecule has 0 spiro atoms. The van der Waals surface area contributed by atoms with Crippen molar-refractivity contribution in [2.24, 2.45) is 0 Å². The van der Waals surface area contributed by atoms with Gasteiger partial charge in [0.1, 0.15) is 11.5 Å². The van der Waals surface area contributed by atoms with Crippen molar-refractivity contribution >= 4 is 0 Å². The molecule has 1 saturated heterocycles. The maximum Gasteiger partial charge on any atom is 0.124 e. The van der Waals surface area contributed by atoms with Gasteiger partial charge >= 0.3 is 0 Å². The highest BCUT2D eigenvalue weighted by atomic mass is 16.5. The van der Waals surface area contributed by atoms with Crippen molar-refractivity contribution in [3.8, 4) is 11.5 Å². The monoisotopic (exact) mass is 278 g/mol. The maximum atomic E-state index is 5.59. The molecule has 3 rings (SSSR count). The maximum absolute atomic E-state index is 5.59. The minimum Gasteiger partial charge on any atom is -0.496 e. The van der Waals surface area contributed by atoms with Crippen LogP contribution in [0.15, 0.2) is 12.1 Å². The Bertz CT molecular complexity index is 472. The van der Waals surface area contributed by atoms with Crippen LogP contribution < -0.4 is 14.8 Å². The number of methoxy groups -OCH3 is 2. The number of rotatable bonds is 3. The van der Waals surface area contributed by atoms with Crippen molar-refractivity contribution in [3.63, 3.8) is 0 Å². The van der Waals surface area contributed by atoms with Crippen LogP contribution in [0.1, 0.15) is 17.2 Å². The first-order chi connectivity index (χ1) is 9.85. The van der Waals surface area contributed by atoms with Gasteiger partial charge in [-0.3, -0.25) is 4.90 Å². The van der Waals surface area contributed by atoms with Crippen molar-refractivity contribution in [2.45, 2.75) is 12.6 Å². The molecule has 1 N–H and O–H groups in total. The number of ether oxygens (including phenoxy) is 3. The number of hydrogen-bond donors (Lipinski definition) is 1. The Labute approximate surface area is 119 Å². The summed E-state index contributed by atoms with van der Waals surface area (Å²) in [6, 6.07) is 4.32. The number of hydrogen-bond acceptors (Lipinski definition) is 5. The summed E-state index contributed by atoms with van der Waals surface area (Å²) >= 11 is 0. The van der Waals surface area contributed by atoms with E-state index in [-0.39, 0.29) is 0 Å². The molecule has 1 aromatic rings. The quantitative estimate of drug-likeness (QED) is 0.899. The number of nitrogens with zero attached hydrogens (tertiary/aromatic N) is 1. The van der Waals surface area contributed by atoms with Gasteiger partial charge in [0.2, 0.25) is 0 Å². The van der Waals surface area contributed by atoms with Gasteiger partial charge in [-0.2, -0.15) is 0 Å². The first-order valence-electron chi connectivity index (χ1n) is 7.11. The fourth-order valence-electron chi connectivity index (χ4n) is 3.18. The van der Waals surface area contributed by atoms with Gasteiger partial charge in [0.15, 0.2) is 0 Å². The average Bonchev–Trinajstić information content (AvgIpc) is 2.54. The molecule has 0 amide bonds. The van der Waals surface area contributed by atoms with E-state index >= 15 is 0 Å². The SMILES string of the molecule is COc1ccc(OC)c2c1CNC[C@@H]2N1CCOCC1. The van der Waals surface area contributed by atoms with E-state index < -0.39 is 0 Å². The second-order valence-electron chi connectivity index (χ2n) is 5.16. The molecule has 1 aromatic carbocycles. The summed E-state index contributed by atoms with van der Waals surface area (Å²) in [6.07, 6.45) is 0. The van der Waals surface area contributed by atoms with Crippen LogP contribution in [0.3, 0.4) is 0 Å². The van der Waals surface area contributed by atoms with Gasteiger partial charge in [-0.05, 0) is 12.1 Å². The molecule has 5 nitrogen and oxygen atoms in total. The van der Waals surface area contributed by atoms with Gasteiger partial charge in [-0.15, -0.1) is 0 Å². The molecule has 0 aromatic heterocycles. The summed E-state index contributed by atoms with van der Waals surface area (Å²) in [5, 5.41) is 3.50.